The minimum absolute atomic E-state index is 0.295. The summed E-state index contributed by atoms with van der Waals surface area (Å²) >= 11 is 0. The summed E-state index contributed by atoms with van der Waals surface area (Å²) in [5.74, 6) is 1.10. The highest BCUT2D eigenvalue weighted by Crippen LogP contribution is 2.36. The first-order chi connectivity index (χ1) is 8.39. The summed E-state index contributed by atoms with van der Waals surface area (Å²) in [5, 5.41) is 0. The molecule has 1 aromatic rings. The number of hydrogen-bond donors (Lipinski definition) is 1. The molecule has 0 radical (unpaired) electrons. The van der Waals surface area contributed by atoms with Crippen LogP contribution in [0.25, 0.3) is 0 Å². The van der Waals surface area contributed by atoms with E-state index in [-0.39, 0.29) is 0 Å². The summed E-state index contributed by atoms with van der Waals surface area (Å²) in [6.07, 6.45) is 7.39. The number of imidazole rings is 1. The molecule has 0 amide bonds. The van der Waals surface area contributed by atoms with Crippen molar-refractivity contribution in [1.82, 2.24) is 14.5 Å². The standard InChI is InChI=1S/C14H26N4/c1-14(2)6-5-11(15)12(9-14)18(4)10-13-16-7-8-17(13)3/h7-8,11-12H,5-6,9-10,15H2,1-4H3. The van der Waals surface area contributed by atoms with Crippen molar-refractivity contribution in [1.29, 1.82) is 0 Å². The third kappa shape index (κ3) is 2.93. The van der Waals surface area contributed by atoms with Gasteiger partial charge < -0.3 is 10.3 Å². The molecule has 0 saturated heterocycles. The highest BCUT2D eigenvalue weighted by atomic mass is 15.2. The van der Waals surface area contributed by atoms with Crippen molar-refractivity contribution in [3.05, 3.63) is 18.2 Å². The lowest BCUT2D eigenvalue weighted by atomic mass is 9.73. The predicted molar refractivity (Wildman–Crippen MR) is 74.1 cm³/mol. The molecule has 1 aromatic heterocycles. The first-order valence-electron chi connectivity index (χ1n) is 6.81. The first-order valence-corrected chi connectivity index (χ1v) is 6.81. The van der Waals surface area contributed by atoms with Gasteiger partial charge in [-0.3, -0.25) is 4.90 Å². The van der Waals surface area contributed by atoms with Gasteiger partial charge in [-0.25, -0.2) is 4.98 Å². The highest BCUT2D eigenvalue weighted by molar-refractivity contribution is 4.96. The number of nitrogens with zero attached hydrogens (tertiary/aromatic N) is 3. The molecule has 18 heavy (non-hydrogen) atoms. The number of aromatic nitrogens is 2. The first kappa shape index (κ1) is 13.6. The summed E-state index contributed by atoms with van der Waals surface area (Å²) in [5.41, 5.74) is 6.71. The highest BCUT2D eigenvalue weighted by Gasteiger charge is 2.35. The Morgan fingerprint density at radius 1 is 1.56 bits per heavy atom. The second-order valence-electron chi connectivity index (χ2n) is 6.51. The second-order valence-corrected chi connectivity index (χ2v) is 6.51. The van der Waals surface area contributed by atoms with Gasteiger partial charge in [-0.1, -0.05) is 13.8 Å². The van der Waals surface area contributed by atoms with Gasteiger partial charge in [-0.2, -0.15) is 0 Å². The van der Waals surface area contributed by atoms with Crippen LogP contribution in [0.2, 0.25) is 0 Å². The maximum absolute atomic E-state index is 6.30. The van der Waals surface area contributed by atoms with Crippen LogP contribution < -0.4 is 5.73 Å². The number of nitrogens with two attached hydrogens (primary N) is 1. The molecule has 102 valence electrons. The van der Waals surface area contributed by atoms with Crippen molar-refractivity contribution in [2.75, 3.05) is 7.05 Å². The number of aryl methyl sites for hydroxylation is 1. The number of rotatable bonds is 3. The normalized spacial score (nSPS) is 27.7. The van der Waals surface area contributed by atoms with Crippen LogP contribution in [0.1, 0.15) is 38.9 Å². The van der Waals surface area contributed by atoms with Gasteiger partial charge in [0.1, 0.15) is 5.82 Å². The molecule has 1 heterocycles. The Bertz CT molecular complexity index is 396. The van der Waals surface area contributed by atoms with Crippen LogP contribution in [0.5, 0.6) is 0 Å². The van der Waals surface area contributed by atoms with E-state index in [1.54, 1.807) is 0 Å². The fourth-order valence-electron chi connectivity index (χ4n) is 2.94. The quantitative estimate of drug-likeness (QED) is 0.889. The van der Waals surface area contributed by atoms with Gasteiger partial charge in [0.25, 0.3) is 0 Å². The zero-order valence-corrected chi connectivity index (χ0v) is 12.1. The molecule has 1 aliphatic rings. The molecule has 2 unspecified atom stereocenters. The van der Waals surface area contributed by atoms with Crippen LogP contribution in [0, 0.1) is 5.41 Å². The van der Waals surface area contributed by atoms with Crippen molar-refractivity contribution in [3.63, 3.8) is 0 Å². The van der Waals surface area contributed by atoms with Crippen LogP contribution in [0.15, 0.2) is 12.4 Å². The molecule has 2 atom stereocenters. The van der Waals surface area contributed by atoms with Crippen molar-refractivity contribution in [3.8, 4) is 0 Å². The van der Waals surface area contributed by atoms with E-state index in [1.165, 1.54) is 12.8 Å². The summed E-state index contributed by atoms with van der Waals surface area (Å²) in [6.45, 7) is 5.57. The Morgan fingerprint density at radius 2 is 2.28 bits per heavy atom. The third-order valence-electron chi connectivity index (χ3n) is 4.29. The topological polar surface area (TPSA) is 47.1 Å². The predicted octanol–water partition coefficient (Wildman–Crippen LogP) is 1.76. The molecule has 2 rings (SSSR count). The molecule has 4 nitrogen and oxygen atoms in total. The fourth-order valence-corrected chi connectivity index (χ4v) is 2.94. The molecule has 4 heteroatoms. The van der Waals surface area contributed by atoms with Gasteiger partial charge in [0, 0.05) is 31.5 Å². The van der Waals surface area contributed by atoms with Crippen molar-refractivity contribution in [2.45, 2.75) is 51.7 Å². The minimum Gasteiger partial charge on any atom is -0.337 e. The lowest BCUT2D eigenvalue weighted by Gasteiger charge is -2.43. The summed E-state index contributed by atoms with van der Waals surface area (Å²) < 4.78 is 2.08. The van der Waals surface area contributed by atoms with Crippen LogP contribution >= 0.6 is 0 Å². The average molecular weight is 250 g/mol. The molecule has 1 fully saturated rings. The van der Waals surface area contributed by atoms with Gasteiger partial charge >= 0.3 is 0 Å². The van der Waals surface area contributed by atoms with E-state index in [0.29, 0.717) is 17.5 Å². The SMILES string of the molecule is CN(Cc1nccn1C)C1CC(C)(C)CCC1N. The van der Waals surface area contributed by atoms with E-state index in [9.17, 15) is 0 Å². The maximum atomic E-state index is 6.30. The van der Waals surface area contributed by atoms with E-state index >= 15 is 0 Å². The monoisotopic (exact) mass is 250 g/mol. The molecule has 0 spiro atoms. The Kier molecular flexibility index (Phi) is 3.78. The minimum atomic E-state index is 0.295. The molecule has 1 saturated carbocycles. The lowest BCUT2D eigenvalue weighted by molar-refractivity contribution is 0.0894. The fraction of sp³-hybridized carbons (Fsp3) is 0.786. The largest absolute Gasteiger partial charge is 0.337 e. The smallest absolute Gasteiger partial charge is 0.122 e. The molecular weight excluding hydrogens is 224 g/mol. The zero-order valence-electron chi connectivity index (χ0n) is 12.1. The van der Waals surface area contributed by atoms with Crippen molar-refractivity contribution < 1.29 is 0 Å². The van der Waals surface area contributed by atoms with Gasteiger partial charge in [0.15, 0.2) is 0 Å². The summed E-state index contributed by atoms with van der Waals surface area (Å²) in [6, 6.07) is 0.758. The van der Waals surface area contributed by atoms with E-state index in [4.69, 9.17) is 5.73 Å². The van der Waals surface area contributed by atoms with Crippen LogP contribution in [0.4, 0.5) is 0 Å². The molecule has 0 aromatic carbocycles. The summed E-state index contributed by atoms with van der Waals surface area (Å²) in [7, 11) is 4.21. The van der Waals surface area contributed by atoms with Crippen LogP contribution in [-0.4, -0.2) is 33.6 Å². The summed E-state index contributed by atoms with van der Waals surface area (Å²) in [4.78, 5) is 6.76. The molecule has 2 N–H and O–H groups in total. The average Bonchev–Trinajstić information content (AvgIpc) is 2.68. The number of likely N-dealkylation sites (N-methyl/N-ethyl adjacent to an activating group) is 1. The van der Waals surface area contributed by atoms with Crippen molar-refractivity contribution >= 4 is 0 Å². The van der Waals surface area contributed by atoms with Gasteiger partial charge in [0.05, 0.1) is 6.54 Å². The Labute approximate surface area is 110 Å². The van der Waals surface area contributed by atoms with E-state index in [1.807, 2.05) is 19.4 Å². The Morgan fingerprint density at radius 3 is 2.89 bits per heavy atom. The second kappa shape index (κ2) is 5.02. The third-order valence-corrected chi connectivity index (χ3v) is 4.29. The van der Waals surface area contributed by atoms with Gasteiger partial charge in [-0.05, 0) is 31.7 Å². The molecular formula is C14H26N4. The van der Waals surface area contributed by atoms with Crippen LogP contribution in [-0.2, 0) is 13.6 Å². The van der Waals surface area contributed by atoms with Crippen LogP contribution in [0.3, 0.4) is 0 Å². The molecule has 0 aliphatic heterocycles. The van der Waals surface area contributed by atoms with E-state index in [0.717, 1.165) is 18.8 Å². The van der Waals surface area contributed by atoms with Crippen molar-refractivity contribution in [2.24, 2.45) is 18.2 Å². The zero-order chi connectivity index (χ0) is 13.3. The molecule has 1 aliphatic carbocycles. The Balaban J connectivity index is 2.03. The maximum Gasteiger partial charge on any atom is 0.122 e. The number of hydrogen-bond acceptors (Lipinski definition) is 3. The van der Waals surface area contributed by atoms with E-state index < -0.39 is 0 Å². The van der Waals surface area contributed by atoms with E-state index in [2.05, 4.69) is 35.3 Å². The lowest BCUT2D eigenvalue weighted by Crippen LogP contribution is -2.51. The van der Waals surface area contributed by atoms with Gasteiger partial charge in [0.2, 0.25) is 0 Å². The Hall–Kier alpha value is -0.870. The van der Waals surface area contributed by atoms with Gasteiger partial charge in [-0.15, -0.1) is 0 Å². The molecule has 0 bridgehead atoms.